The molecular weight excluding hydrogens is 815 g/mol. The third-order valence-corrected chi connectivity index (χ3v) is 14.9. The first-order valence-electron chi connectivity index (χ1n) is 23.4. The van der Waals surface area contributed by atoms with Crippen LogP contribution in [-0.4, -0.2) is 4.57 Å². The largest absolute Gasteiger partial charge is 0.455 e. The van der Waals surface area contributed by atoms with Gasteiger partial charge in [0, 0.05) is 54.5 Å². The molecule has 0 saturated carbocycles. The molecule has 1 aliphatic carbocycles. The summed E-state index contributed by atoms with van der Waals surface area (Å²) >= 11 is 0. The quantitative estimate of drug-likeness (QED) is 0.167. The monoisotopic (exact) mass is 857 g/mol. The molecule has 0 amide bonds. The number of fused-ring (bicyclic) bond motifs is 12. The summed E-state index contributed by atoms with van der Waals surface area (Å²) in [6.45, 7) is 2.34. The molecule has 3 heterocycles. The molecule has 0 saturated heterocycles. The van der Waals surface area contributed by atoms with Crippen molar-refractivity contribution in [2.45, 2.75) is 25.2 Å². The van der Waals surface area contributed by atoms with Gasteiger partial charge in [-0.2, -0.15) is 0 Å². The van der Waals surface area contributed by atoms with E-state index in [0.717, 1.165) is 95.8 Å². The Morgan fingerprint density at radius 2 is 0.925 bits per heavy atom. The molecule has 0 spiro atoms. The van der Waals surface area contributed by atoms with Crippen LogP contribution in [0.3, 0.4) is 0 Å². The summed E-state index contributed by atoms with van der Waals surface area (Å²) in [6.07, 6.45) is 1.94. The Labute approximate surface area is 387 Å². The van der Waals surface area contributed by atoms with Crippen LogP contribution in [0.5, 0.6) is 0 Å². The van der Waals surface area contributed by atoms with E-state index in [1.54, 1.807) is 0 Å². The Morgan fingerprint density at radius 1 is 0.403 bits per heavy atom. The normalized spacial score (nSPS) is 14.7. The van der Waals surface area contributed by atoms with E-state index < -0.39 is 0 Å². The van der Waals surface area contributed by atoms with Crippen molar-refractivity contribution in [2.75, 3.05) is 0 Å². The second kappa shape index (κ2) is 14.6. The lowest BCUT2D eigenvalue weighted by Gasteiger charge is -2.40. The summed E-state index contributed by atoms with van der Waals surface area (Å²) in [6, 6.07) is 79.4. The number of aromatic nitrogens is 1. The molecule has 316 valence electrons. The van der Waals surface area contributed by atoms with Crippen LogP contribution >= 0.6 is 0 Å². The standard InChI is InChI=1S/C64H43NO2/c1-2-64(39-43-20-6-7-25-46(43)49-26-8-11-33-56(49)64)44-23-14-21-41(36-44)47-29-16-31-52-54-38-55-53-32-17-30-48(61(53)67-63(55)59(62(54)66-60(47)52)40-18-4-3-5-19-40)42-22-15-24-45(37-42)65-57-34-12-9-27-50(57)51-28-10-13-35-58(51)65/h3-38H,2,39H2,1H3. The number of nitrogens with zero attached hydrogens (tertiary/aromatic N) is 1. The molecule has 13 aromatic rings. The maximum absolute atomic E-state index is 7.25. The second-order valence-electron chi connectivity index (χ2n) is 18.3. The molecule has 0 aliphatic heterocycles. The van der Waals surface area contributed by atoms with E-state index in [-0.39, 0.29) is 5.41 Å². The van der Waals surface area contributed by atoms with Gasteiger partial charge in [0.1, 0.15) is 22.3 Å². The van der Waals surface area contributed by atoms with Crippen LogP contribution in [0.15, 0.2) is 227 Å². The van der Waals surface area contributed by atoms with Gasteiger partial charge >= 0.3 is 0 Å². The summed E-state index contributed by atoms with van der Waals surface area (Å²) < 4.78 is 16.8. The second-order valence-corrected chi connectivity index (χ2v) is 18.3. The maximum atomic E-state index is 7.25. The van der Waals surface area contributed by atoms with E-state index in [0.29, 0.717) is 0 Å². The molecule has 3 aromatic heterocycles. The first-order chi connectivity index (χ1) is 33.2. The molecule has 0 N–H and O–H groups in total. The Kier molecular flexibility index (Phi) is 8.24. The molecule has 10 aromatic carbocycles. The van der Waals surface area contributed by atoms with E-state index in [4.69, 9.17) is 8.83 Å². The zero-order chi connectivity index (χ0) is 44.2. The number of benzene rings is 10. The summed E-state index contributed by atoms with van der Waals surface area (Å²) in [5, 5.41) is 6.79. The van der Waals surface area contributed by atoms with Crippen molar-refractivity contribution in [3.05, 3.63) is 235 Å². The molecule has 0 bridgehead atoms. The first kappa shape index (κ1) is 37.9. The van der Waals surface area contributed by atoms with Crippen LogP contribution in [0, 0.1) is 0 Å². The molecule has 0 fully saturated rings. The van der Waals surface area contributed by atoms with Crippen molar-refractivity contribution in [2.24, 2.45) is 0 Å². The summed E-state index contributed by atoms with van der Waals surface area (Å²) in [7, 11) is 0. The number of para-hydroxylation sites is 4. The Morgan fingerprint density at radius 3 is 1.61 bits per heavy atom. The van der Waals surface area contributed by atoms with E-state index >= 15 is 0 Å². The average molecular weight is 858 g/mol. The topological polar surface area (TPSA) is 31.2 Å². The van der Waals surface area contributed by atoms with Crippen LogP contribution in [0.25, 0.3) is 116 Å². The van der Waals surface area contributed by atoms with E-state index in [2.05, 4.69) is 230 Å². The fourth-order valence-corrected chi connectivity index (χ4v) is 11.8. The highest BCUT2D eigenvalue weighted by Crippen LogP contribution is 2.51. The number of hydrogen-bond acceptors (Lipinski definition) is 2. The predicted molar refractivity (Wildman–Crippen MR) is 278 cm³/mol. The van der Waals surface area contributed by atoms with Crippen LogP contribution in [0.1, 0.15) is 30.0 Å². The smallest absolute Gasteiger partial charge is 0.147 e. The van der Waals surface area contributed by atoms with Gasteiger partial charge < -0.3 is 13.4 Å². The molecule has 1 atom stereocenters. The van der Waals surface area contributed by atoms with Crippen molar-refractivity contribution >= 4 is 65.7 Å². The summed E-state index contributed by atoms with van der Waals surface area (Å²) in [4.78, 5) is 0. The van der Waals surface area contributed by atoms with Crippen molar-refractivity contribution in [1.29, 1.82) is 0 Å². The van der Waals surface area contributed by atoms with Crippen LogP contribution in [0.2, 0.25) is 0 Å². The Balaban J connectivity index is 0.950. The average Bonchev–Trinajstić information content (AvgIpc) is 4.07. The minimum atomic E-state index is -0.167. The molecule has 0 radical (unpaired) electrons. The van der Waals surface area contributed by atoms with Gasteiger partial charge in [0.2, 0.25) is 0 Å². The number of hydrogen-bond donors (Lipinski definition) is 0. The lowest BCUT2D eigenvalue weighted by atomic mass is 9.63. The summed E-state index contributed by atoms with van der Waals surface area (Å²) in [5.74, 6) is 0. The zero-order valence-electron chi connectivity index (χ0n) is 37.0. The Bertz CT molecular complexity index is 4070. The highest BCUT2D eigenvalue weighted by molar-refractivity contribution is 6.24. The van der Waals surface area contributed by atoms with Gasteiger partial charge in [-0.3, -0.25) is 0 Å². The van der Waals surface area contributed by atoms with Gasteiger partial charge in [-0.1, -0.05) is 195 Å². The zero-order valence-corrected chi connectivity index (χ0v) is 37.0. The van der Waals surface area contributed by atoms with Gasteiger partial charge in [0.25, 0.3) is 0 Å². The SMILES string of the molecule is CCC1(c2cccc(-c3cccc4c3oc3c(-c5ccccc5)c5oc6c(-c7cccc(-n8c9ccccc9c9ccccc98)c7)cccc6c5cc34)c2)Cc2ccccc2-c2ccccc21. The van der Waals surface area contributed by atoms with Crippen LogP contribution < -0.4 is 0 Å². The predicted octanol–water partition coefficient (Wildman–Crippen LogP) is 17.5. The third kappa shape index (κ3) is 5.52. The van der Waals surface area contributed by atoms with Crippen molar-refractivity contribution in [3.8, 4) is 50.2 Å². The number of furan rings is 2. The Hall–Kier alpha value is -8.40. The van der Waals surface area contributed by atoms with Crippen molar-refractivity contribution < 1.29 is 8.83 Å². The van der Waals surface area contributed by atoms with Gasteiger partial charge in [-0.25, -0.2) is 0 Å². The van der Waals surface area contributed by atoms with Crippen molar-refractivity contribution in [3.63, 3.8) is 0 Å². The van der Waals surface area contributed by atoms with Gasteiger partial charge in [-0.15, -0.1) is 0 Å². The number of rotatable bonds is 6. The van der Waals surface area contributed by atoms with Crippen molar-refractivity contribution in [1.82, 2.24) is 4.57 Å². The van der Waals surface area contributed by atoms with E-state index in [9.17, 15) is 0 Å². The van der Waals surface area contributed by atoms with E-state index in [1.165, 1.54) is 49.6 Å². The fraction of sp³-hybridized carbons (Fsp3) is 0.0625. The molecule has 67 heavy (non-hydrogen) atoms. The van der Waals surface area contributed by atoms with Gasteiger partial charge in [-0.05, 0) is 87.7 Å². The fourth-order valence-electron chi connectivity index (χ4n) is 11.8. The minimum Gasteiger partial charge on any atom is -0.455 e. The molecule has 1 unspecified atom stereocenters. The molecular formula is C64H43NO2. The van der Waals surface area contributed by atoms with Gasteiger partial charge in [0.15, 0.2) is 0 Å². The highest BCUT2D eigenvalue weighted by Gasteiger charge is 2.39. The highest BCUT2D eigenvalue weighted by atomic mass is 16.3. The van der Waals surface area contributed by atoms with E-state index in [1.807, 2.05) is 0 Å². The molecule has 1 aliphatic rings. The molecule has 3 nitrogen and oxygen atoms in total. The lowest BCUT2D eigenvalue weighted by Crippen LogP contribution is -2.33. The summed E-state index contributed by atoms with van der Waals surface area (Å²) in [5.41, 5.74) is 19.9. The van der Waals surface area contributed by atoms with Gasteiger partial charge in [0.05, 0.1) is 16.6 Å². The van der Waals surface area contributed by atoms with Crippen LogP contribution in [0.4, 0.5) is 0 Å². The maximum Gasteiger partial charge on any atom is 0.147 e. The molecule has 14 rings (SSSR count). The minimum absolute atomic E-state index is 0.167. The lowest BCUT2D eigenvalue weighted by molar-refractivity contribution is 0.488. The first-order valence-corrected chi connectivity index (χ1v) is 23.4. The van der Waals surface area contributed by atoms with Crippen LogP contribution in [-0.2, 0) is 11.8 Å². The third-order valence-electron chi connectivity index (χ3n) is 14.9. The molecule has 3 heteroatoms.